The third-order valence-corrected chi connectivity index (χ3v) is 4.56. The highest BCUT2D eigenvalue weighted by Crippen LogP contribution is 2.43. The van der Waals surface area contributed by atoms with E-state index in [1.165, 1.54) is 32.4 Å². The monoisotopic (exact) mass is 212 g/mol. The van der Waals surface area contributed by atoms with E-state index >= 15 is 0 Å². The van der Waals surface area contributed by atoms with Gasteiger partial charge in [0.25, 0.3) is 0 Å². The summed E-state index contributed by atoms with van der Waals surface area (Å²) < 4.78 is 0. The van der Waals surface area contributed by atoms with Crippen molar-refractivity contribution >= 4 is 0 Å². The van der Waals surface area contributed by atoms with E-state index in [0.717, 1.165) is 13.0 Å². The lowest BCUT2D eigenvalue weighted by atomic mass is 9.68. The summed E-state index contributed by atoms with van der Waals surface area (Å²) >= 11 is 0. The molecule has 1 fully saturated rings. The first-order chi connectivity index (χ1) is 6.92. The van der Waals surface area contributed by atoms with Gasteiger partial charge in [-0.05, 0) is 64.6 Å². The Balaban J connectivity index is 2.56. The number of likely N-dealkylation sites (tertiary alicyclic amines) is 1. The first kappa shape index (κ1) is 13.0. The number of nitrogens with two attached hydrogens (primary N) is 1. The molecule has 15 heavy (non-hydrogen) atoms. The van der Waals surface area contributed by atoms with Crippen molar-refractivity contribution in [3.63, 3.8) is 0 Å². The van der Waals surface area contributed by atoms with Crippen molar-refractivity contribution in [2.75, 3.05) is 19.6 Å². The molecular formula is C13H28N2. The second-order valence-electron chi connectivity index (χ2n) is 6.03. The molecule has 0 aromatic carbocycles. The molecule has 2 N–H and O–H groups in total. The van der Waals surface area contributed by atoms with Crippen LogP contribution < -0.4 is 5.73 Å². The molecule has 0 spiro atoms. The van der Waals surface area contributed by atoms with Gasteiger partial charge in [0.1, 0.15) is 0 Å². The summed E-state index contributed by atoms with van der Waals surface area (Å²) in [5.74, 6) is 0. The minimum atomic E-state index is 0.333. The lowest BCUT2D eigenvalue weighted by Crippen LogP contribution is -2.57. The molecular weight excluding hydrogens is 184 g/mol. The molecule has 0 aliphatic carbocycles. The van der Waals surface area contributed by atoms with Crippen LogP contribution in [0.25, 0.3) is 0 Å². The van der Waals surface area contributed by atoms with Crippen molar-refractivity contribution in [1.82, 2.24) is 4.90 Å². The Morgan fingerprint density at radius 3 is 2.40 bits per heavy atom. The standard InChI is InChI=1S/C13H28N2/c1-12(2)8-7-11-15(13(12,3)4)10-6-5-9-14/h5-11,14H2,1-4H3. The molecule has 1 aliphatic rings. The molecule has 0 amide bonds. The molecule has 0 aromatic heterocycles. The maximum atomic E-state index is 5.55. The molecule has 2 nitrogen and oxygen atoms in total. The first-order valence-corrected chi connectivity index (χ1v) is 6.37. The van der Waals surface area contributed by atoms with Gasteiger partial charge in [-0.15, -0.1) is 0 Å². The van der Waals surface area contributed by atoms with Crippen LogP contribution in [0.1, 0.15) is 53.4 Å². The molecule has 0 atom stereocenters. The average Bonchev–Trinajstić information content (AvgIpc) is 2.13. The van der Waals surface area contributed by atoms with Crippen molar-refractivity contribution in [2.24, 2.45) is 11.1 Å². The van der Waals surface area contributed by atoms with Crippen LogP contribution in [0.15, 0.2) is 0 Å². The lowest BCUT2D eigenvalue weighted by molar-refractivity contribution is -0.0309. The van der Waals surface area contributed by atoms with Gasteiger partial charge >= 0.3 is 0 Å². The second kappa shape index (κ2) is 4.84. The highest BCUT2D eigenvalue weighted by atomic mass is 15.2. The predicted octanol–water partition coefficient (Wildman–Crippen LogP) is 2.63. The maximum absolute atomic E-state index is 5.55. The van der Waals surface area contributed by atoms with Crippen LogP contribution in [0, 0.1) is 5.41 Å². The highest BCUT2D eigenvalue weighted by Gasteiger charge is 2.43. The van der Waals surface area contributed by atoms with Crippen LogP contribution >= 0.6 is 0 Å². The van der Waals surface area contributed by atoms with Crippen LogP contribution in [0.4, 0.5) is 0 Å². The summed E-state index contributed by atoms with van der Waals surface area (Å²) in [5.41, 5.74) is 6.32. The quantitative estimate of drug-likeness (QED) is 0.726. The fraction of sp³-hybridized carbons (Fsp3) is 1.00. The van der Waals surface area contributed by atoms with E-state index in [0.29, 0.717) is 11.0 Å². The number of unbranched alkanes of at least 4 members (excludes halogenated alkanes) is 1. The maximum Gasteiger partial charge on any atom is 0.0204 e. The SMILES string of the molecule is CC1(C)CCCN(CCCCN)C1(C)C. The number of nitrogens with zero attached hydrogens (tertiary/aromatic N) is 1. The van der Waals surface area contributed by atoms with E-state index in [-0.39, 0.29) is 0 Å². The Hall–Kier alpha value is -0.0800. The van der Waals surface area contributed by atoms with Gasteiger partial charge in [0.15, 0.2) is 0 Å². The van der Waals surface area contributed by atoms with Gasteiger partial charge in [0.05, 0.1) is 0 Å². The molecule has 1 saturated heterocycles. The van der Waals surface area contributed by atoms with Gasteiger partial charge in [-0.25, -0.2) is 0 Å². The predicted molar refractivity (Wildman–Crippen MR) is 67.0 cm³/mol. The normalized spacial score (nSPS) is 25.4. The first-order valence-electron chi connectivity index (χ1n) is 6.37. The van der Waals surface area contributed by atoms with Gasteiger partial charge in [0.2, 0.25) is 0 Å². The number of piperidine rings is 1. The van der Waals surface area contributed by atoms with Crippen LogP contribution in [0.5, 0.6) is 0 Å². The second-order valence-corrected chi connectivity index (χ2v) is 6.03. The summed E-state index contributed by atoms with van der Waals surface area (Å²) in [6, 6.07) is 0. The van der Waals surface area contributed by atoms with E-state index in [1.54, 1.807) is 0 Å². The molecule has 0 radical (unpaired) electrons. The van der Waals surface area contributed by atoms with Crippen LogP contribution in [-0.2, 0) is 0 Å². The zero-order chi connectivity index (χ0) is 11.5. The zero-order valence-electron chi connectivity index (χ0n) is 11.0. The van der Waals surface area contributed by atoms with Gasteiger partial charge in [-0.1, -0.05) is 13.8 Å². The molecule has 1 heterocycles. The van der Waals surface area contributed by atoms with Crippen molar-refractivity contribution in [2.45, 2.75) is 58.9 Å². The average molecular weight is 212 g/mol. The van der Waals surface area contributed by atoms with Crippen LogP contribution in [-0.4, -0.2) is 30.1 Å². The minimum Gasteiger partial charge on any atom is -0.330 e. The van der Waals surface area contributed by atoms with E-state index in [4.69, 9.17) is 5.73 Å². The van der Waals surface area contributed by atoms with E-state index < -0.39 is 0 Å². The Labute approximate surface area is 95.2 Å². The molecule has 0 bridgehead atoms. The fourth-order valence-electron chi connectivity index (χ4n) is 2.56. The molecule has 0 saturated carbocycles. The summed E-state index contributed by atoms with van der Waals surface area (Å²) in [5, 5.41) is 0. The van der Waals surface area contributed by atoms with Crippen LogP contribution in [0.2, 0.25) is 0 Å². The van der Waals surface area contributed by atoms with Crippen molar-refractivity contribution in [3.8, 4) is 0 Å². The Bertz CT molecular complexity index is 197. The van der Waals surface area contributed by atoms with Crippen molar-refractivity contribution < 1.29 is 0 Å². The van der Waals surface area contributed by atoms with Gasteiger partial charge in [0, 0.05) is 5.54 Å². The van der Waals surface area contributed by atoms with Gasteiger partial charge < -0.3 is 5.73 Å². The van der Waals surface area contributed by atoms with E-state index in [1.807, 2.05) is 0 Å². The lowest BCUT2D eigenvalue weighted by Gasteiger charge is -2.53. The number of rotatable bonds is 4. The Morgan fingerprint density at radius 2 is 1.80 bits per heavy atom. The van der Waals surface area contributed by atoms with Gasteiger partial charge in [-0.2, -0.15) is 0 Å². The third kappa shape index (κ3) is 2.73. The molecule has 2 heteroatoms. The summed E-state index contributed by atoms with van der Waals surface area (Å²) in [7, 11) is 0. The largest absolute Gasteiger partial charge is 0.330 e. The number of hydrogen-bond donors (Lipinski definition) is 1. The zero-order valence-corrected chi connectivity index (χ0v) is 11.0. The van der Waals surface area contributed by atoms with Crippen molar-refractivity contribution in [1.29, 1.82) is 0 Å². The smallest absolute Gasteiger partial charge is 0.0204 e. The van der Waals surface area contributed by atoms with E-state index in [2.05, 4.69) is 32.6 Å². The van der Waals surface area contributed by atoms with Gasteiger partial charge in [-0.3, -0.25) is 4.90 Å². The molecule has 1 aliphatic heterocycles. The number of hydrogen-bond acceptors (Lipinski definition) is 2. The van der Waals surface area contributed by atoms with Crippen LogP contribution in [0.3, 0.4) is 0 Å². The Morgan fingerprint density at radius 1 is 1.13 bits per heavy atom. The van der Waals surface area contributed by atoms with E-state index in [9.17, 15) is 0 Å². The summed E-state index contributed by atoms with van der Waals surface area (Å²) in [6.07, 6.45) is 5.11. The molecule has 1 rings (SSSR count). The molecule has 0 aromatic rings. The fourth-order valence-corrected chi connectivity index (χ4v) is 2.56. The molecule has 90 valence electrons. The Kier molecular flexibility index (Phi) is 4.19. The minimum absolute atomic E-state index is 0.333. The van der Waals surface area contributed by atoms with Crippen molar-refractivity contribution in [3.05, 3.63) is 0 Å². The topological polar surface area (TPSA) is 29.3 Å². The third-order valence-electron chi connectivity index (χ3n) is 4.56. The molecule has 0 unspecified atom stereocenters. The summed E-state index contributed by atoms with van der Waals surface area (Å²) in [4.78, 5) is 2.66. The highest BCUT2D eigenvalue weighted by molar-refractivity contribution is 4.98. The summed E-state index contributed by atoms with van der Waals surface area (Å²) in [6.45, 7) is 12.9.